The lowest BCUT2D eigenvalue weighted by molar-refractivity contribution is -0.129. The minimum atomic E-state index is -0.511. The molecule has 6 nitrogen and oxygen atoms in total. The van der Waals surface area contributed by atoms with Gasteiger partial charge in [0.1, 0.15) is 10.9 Å². The van der Waals surface area contributed by atoms with E-state index in [1.54, 1.807) is 31.2 Å². The van der Waals surface area contributed by atoms with Gasteiger partial charge in [-0.15, -0.1) is 0 Å². The first kappa shape index (κ1) is 18.4. The quantitative estimate of drug-likeness (QED) is 0.616. The van der Waals surface area contributed by atoms with Crippen LogP contribution in [0.1, 0.15) is 30.6 Å². The number of thioether (sulfide) groups is 1. The molecule has 1 unspecified atom stereocenters. The predicted octanol–water partition coefficient (Wildman–Crippen LogP) is 2.44. The fourth-order valence-electron chi connectivity index (χ4n) is 2.21. The molecule has 1 atom stereocenters. The number of amides is 2. The molecule has 0 spiro atoms. The molecule has 1 saturated heterocycles. The van der Waals surface area contributed by atoms with Crippen LogP contribution in [0.25, 0.3) is 0 Å². The second-order valence-corrected chi connectivity index (χ2v) is 6.86. The summed E-state index contributed by atoms with van der Waals surface area (Å²) in [6.07, 6.45) is 0.660. The minimum Gasteiger partial charge on any atom is -0.462 e. The molecule has 128 valence electrons. The lowest BCUT2D eigenvalue weighted by Crippen LogP contribution is -2.38. The number of ether oxygens (including phenoxy) is 1. The van der Waals surface area contributed by atoms with E-state index in [0.717, 1.165) is 0 Å². The van der Waals surface area contributed by atoms with Gasteiger partial charge in [0.15, 0.2) is 0 Å². The molecular formula is C16H18N2O4S2. The molecule has 0 aliphatic carbocycles. The predicted molar refractivity (Wildman–Crippen MR) is 97.0 cm³/mol. The first-order valence-electron chi connectivity index (χ1n) is 7.55. The maximum absolute atomic E-state index is 12.3. The molecule has 0 bridgehead atoms. The highest BCUT2D eigenvalue weighted by molar-refractivity contribution is 8.24. The fraction of sp³-hybridized carbons (Fsp3) is 0.375. The van der Waals surface area contributed by atoms with Crippen LogP contribution in [0.3, 0.4) is 0 Å². The molecule has 1 N–H and O–H groups in total. The van der Waals surface area contributed by atoms with E-state index in [1.165, 1.54) is 16.7 Å². The van der Waals surface area contributed by atoms with Crippen LogP contribution in [-0.4, -0.2) is 45.4 Å². The number of nitrogens with zero attached hydrogens (tertiary/aromatic N) is 1. The van der Waals surface area contributed by atoms with Crippen LogP contribution in [0.5, 0.6) is 0 Å². The van der Waals surface area contributed by atoms with E-state index in [1.807, 2.05) is 6.92 Å². The van der Waals surface area contributed by atoms with Crippen molar-refractivity contribution in [3.05, 3.63) is 29.8 Å². The molecule has 1 heterocycles. The van der Waals surface area contributed by atoms with Crippen molar-refractivity contribution in [3.8, 4) is 0 Å². The summed E-state index contributed by atoms with van der Waals surface area (Å²) in [5.74, 6) is -1.08. The van der Waals surface area contributed by atoms with E-state index in [2.05, 4.69) is 5.32 Å². The van der Waals surface area contributed by atoms with Gasteiger partial charge in [0.2, 0.25) is 11.8 Å². The first-order chi connectivity index (χ1) is 11.5. The summed E-state index contributed by atoms with van der Waals surface area (Å²) in [5, 5.41) is 2.42. The van der Waals surface area contributed by atoms with Crippen LogP contribution in [0, 0.1) is 0 Å². The molecular weight excluding hydrogens is 348 g/mol. The van der Waals surface area contributed by atoms with Crippen molar-refractivity contribution < 1.29 is 19.1 Å². The van der Waals surface area contributed by atoms with Crippen LogP contribution in [0.15, 0.2) is 24.3 Å². The Labute approximate surface area is 149 Å². The van der Waals surface area contributed by atoms with Crippen molar-refractivity contribution in [2.75, 3.05) is 18.5 Å². The summed E-state index contributed by atoms with van der Waals surface area (Å²) in [6.45, 7) is 3.68. The molecule has 1 aliphatic heterocycles. The van der Waals surface area contributed by atoms with Crippen LogP contribution in [0.2, 0.25) is 0 Å². The number of para-hydroxylation sites is 1. The Hall–Kier alpha value is -1.93. The second kappa shape index (κ2) is 8.25. The number of esters is 1. The fourth-order valence-corrected chi connectivity index (χ4v) is 3.64. The minimum absolute atomic E-state index is 0.152. The summed E-state index contributed by atoms with van der Waals surface area (Å²) in [7, 11) is 0. The maximum atomic E-state index is 12.3. The third-order valence-corrected chi connectivity index (χ3v) is 5.12. The largest absolute Gasteiger partial charge is 0.462 e. The van der Waals surface area contributed by atoms with E-state index in [-0.39, 0.29) is 29.9 Å². The third kappa shape index (κ3) is 4.12. The Morgan fingerprint density at radius 3 is 2.67 bits per heavy atom. The number of hydrogen-bond donors (Lipinski definition) is 1. The van der Waals surface area contributed by atoms with Gasteiger partial charge in [-0.25, -0.2) is 4.79 Å². The number of benzene rings is 1. The molecule has 0 aromatic heterocycles. The molecule has 24 heavy (non-hydrogen) atoms. The average molecular weight is 366 g/mol. The monoisotopic (exact) mass is 366 g/mol. The van der Waals surface area contributed by atoms with Gasteiger partial charge in [-0.05, 0) is 25.5 Å². The van der Waals surface area contributed by atoms with Crippen molar-refractivity contribution >= 4 is 51.8 Å². The topological polar surface area (TPSA) is 75.7 Å². The number of carbonyl (C=O) groups is 3. The SMILES string of the molecule is CCOC(=O)c1ccccc1NC(=O)CN1C(=O)C(CC)SC1=S. The van der Waals surface area contributed by atoms with Gasteiger partial charge >= 0.3 is 5.97 Å². The number of carbonyl (C=O) groups excluding carboxylic acids is 3. The summed E-state index contributed by atoms with van der Waals surface area (Å²) >= 11 is 6.46. The molecule has 1 aliphatic rings. The van der Waals surface area contributed by atoms with Crippen molar-refractivity contribution in [1.29, 1.82) is 0 Å². The van der Waals surface area contributed by atoms with Crippen LogP contribution in [-0.2, 0) is 14.3 Å². The van der Waals surface area contributed by atoms with Gasteiger partial charge in [-0.2, -0.15) is 0 Å². The Bertz CT molecular complexity index is 678. The van der Waals surface area contributed by atoms with Gasteiger partial charge in [0.05, 0.1) is 23.1 Å². The highest BCUT2D eigenvalue weighted by Gasteiger charge is 2.36. The van der Waals surface area contributed by atoms with Gasteiger partial charge in [-0.1, -0.05) is 43.0 Å². The Morgan fingerprint density at radius 1 is 1.33 bits per heavy atom. The Kier molecular flexibility index (Phi) is 6.33. The van der Waals surface area contributed by atoms with Crippen LogP contribution >= 0.6 is 24.0 Å². The van der Waals surface area contributed by atoms with Crippen molar-refractivity contribution in [3.63, 3.8) is 0 Å². The molecule has 2 rings (SSSR count). The van der Waals surface area contributed by atoms with Gasteiger partial charge < -0.3 is 10.1 Å². The molecule has 1 aromatic carbocycles. The normalized spacial score (nSPS) is 17.1. The van der Waals surface area contributed by atoms with E-state index < -0.39 is 11.9 Å². The zero-order chi connectivity index (χ0) is 17.7. The van der Waals surface area contributed by atoms with Gasteiger partial charge in [0.25, 0.3) is 0 Å². The molecule has 1 fully saturated rings. The highest BCUT2D eigenvalue weighted by atomic mass is 32.2. The lowest BCUT2D eigenvalue weighted by atomic mass is 10.2. The summed E-state index contributed by atoms with van der Waals surface area (Å²) in [6, 6.07) is 6.57. The summed E-state index contributed by atoms with van der Waals surface area (Å²) < 4.78 is 5.37. The van der Waals surface area contributed by atoms with Crippen molar-refractivity contribution in [2.45, 2.75) is 25.5 Å². The Morgan fingerprint density at radius 2 is 2.04 bits per heavy atom. The molecule has 1 aromatic rings. The van der Waals surface area contributed by atoms with Crippen LogP contribution < -0.4 is 5.32 Å². The zero-order valence-corrected chi connectivity index (χ0v) is 15.0. The van der Waals surface area contributed by atoms with Gasteiger partial charge in [0, 0.05) is 0 Å². The number of anilines is 1. The molecule has 8 heteroatoms. The summed E-state index contributed by atoms with van der Waals surface area (Å²) in [4.78, 5) is 37.6. The number of hydrogen-bond acceptors (Lipinski definition) is 6. The Balaban J connectivity index is 2.07. The van der Waals surface area contributed by atoms with Crippen molar-refractivity contribution in [1.82, 2.24) is 4.90 Å². The van der Waals surface area contributed by atoms with E-state index in [4.69, 9.17) is 17.0 Å². The maximum Gasteiger partial charge on any atom is 0.340 e. The number of rotatable bonds is 6. The third-order valence-electron chi connectivity index (χ3n) is 3.37. The lowest BCUT2D eigenvalue weighted by Gasteiger charge is -2.16. The number of thiocarbonyl (C=S) groups is 1. The summed E-state index contributed by atoms with van der Waals surface area (Å²) in [5.41, 5.74) is 0.613. The highest BCUT2D eigenvalue weighted by Crippen LogP contribution is 2.29. The first-order valence-corrected chi connectivity index (χ1v) is 8.84. The average Bonchev–Trinajstić information content (AvgIpc) is 2.83. The zero-order valence-electron chi connectivity index (χ0n) is 13.4. The molecule has 2 amide bonds. The van der Waals surface area contributed by atoms with E-state index in [0.29, 0.717) is 16.4 Å². The van der Waals surface area contributed by atoms with E-state index in [9.17, 15) is 14.4 Å². The molecule has 0 saturated carbocycles. The second-order valence-electron chi connectivity index (χ2n) is 5.02. The van der Waals surface area contributed by atoms with Crippen molar-refractivity contribution in [2.24, 2.45) is 0 Å². The smallest absolute Gasteiger partial charge is 0.340 e. The standard InChI is InChI=1S/C16H18N2O4S2/c1-3-12-14(20)18(16(23)24-12)9-13(19)17-11-8-6-5-7-10(11)15(21)22-4-2/h5-8,12H,3-4,9H2,1-2H3,(H,17,19). The molecule has 0 radical (unpaired) electrons. The van der Waals surface area contributed by atoms with E-state index >= 15 is 0 Å². The number of nitrogens with one attached hydrogen (secondary N) is 1. The van der Waals surface area contributed by atoms with Crippen LogP contribution in [0.4, 0.5) is 5.69 Å². The van der Waals surface area contributed by atoms with Gasteiger partial charge in [-0.3, -0.25) is 14.5 Å².